The molecule has 0 heterocycles. The van der Waals surface area contributed by atoms with Crippen LogP contribution in [0.4, 0.5) is 4.79 Å². The lowest BCUT2D eigenvalue weighted by atomic mass is 9.98. The average molecular weight is 295 g/mol. The third-order valence-electron chi connectivity index (χ3n) is 2.76. The summed E-state index contributed by atoms with van der Waals surface area (Å²) < 4.78 is 5.01. The highest BCUT2D eigenvalue weighted by molar-refractivity contribution is 5.81. The van der Waals surface area contributed by atoms with Crippen molar-refractivity contribution in [2.45, 2.75) is 45.4 Å². The molecule has 1 aromatic rings. The van der Waals surface area contributed by atoms with Gasteiger partial charge in [-0.2, -0.15) is 0 Å². The molecule has 0 aliphatic rings. The Morgan fingerprint density at radius 2 is 1.81 bits per heavy atom. The summed E-state index contributed by atoms with van der Waals surface area (Å²) in [7, 11) is 0. The van der Waals surface area contributed by atoms with Gasteiger partial charge in [0.2, 0.25) is 0 Å². The number of carboxylic acid groups (broad SMARTS) is 1. The fourth-order valence-corrected chi connectivity index (χ4v) is 1.81. The van der Waals surface area contributed by atoms with Gasteiger partial charge in [0.25, 0.3) is 0 Å². The number of aliphatic hydroxyl groups is 1. The molecular formula is C15H21NO5. The lowest BCUT2D eigenvalue weighted by molar-refractivity contribution is -0.142. The molecule has 1 amide bonds. The van der Waals surface area contributed by atoms with Gasteiger partial charge in [-0.3, -0.25) is 0 Å². The number of aliphatic carboxylic acids is 1. The van der Waals surface area contributed by atoms with E-state index in [0.717, 1.165) is 5.56 Å². The summed E-state index contributed by atoms with van der Waals surface area (Å²) in [5.74, 6) is -1.34. The number of hydrogen-bond donors (Lipinski definition) is 3. The maximum atomic E-state index is 11.7. The quantitative estimate of drug-likeness (QED) is 0.789. The van der Waals surface area contributed by atoms with E-state index in [2.05, 4.69) is 5.32 Å². The molecule has 21 heavy (non-hydrogen) atoms. The second-order valence-electron chi connectivity index (χ2n) is 5.76. The van der Waals surface area contributed by atoms with Gasteiger partial charge in [-0.25, -0.2) is 9.59 Å². The van der Waals surface area contributed by atoms with Gasteiger partial charge in [-0.1, -0.05) is 24.3 Å². The standard InChI is InChI=1S/C15H21NO5/c1-9-7-5-6-8-10(9)12(17)11(13(18)19)16-14(20)21-15(2,3)4/h5-8,11-12,17H,1-4H3,(H,16,20)(H,18,19)/t11-,12+/m0/s1. The van der Waals surface area contributed by atoms with Crippen LogP contribution in [-0.4, -0.2) is 33.9 Å². The molecule has 0 saturated carbocycles. The number of hydrogen-bond acceptors (Lipinski definition) is 4. The largest absolute Gasteiger partial charge is 0.480 e. The van der Waals surface area contributed by atoms with Crippen molar-refractivity contribution in [1.82, 2.24) is 5.32 Å². The van der Waals surface area contributed by atoms with E-state index < -0.39 is 29.8 Å². The van der Waals surface area contributed by atoms with Crippen LogP contribution in [0.25, 0.3) is 0 Å². The number of amides is 1. The topological polar surface area (TPSA) is 95.9 Å². The molecule has 3 N–H and O–H groups in total. The van der Waals surface area contributed by atoms with Crippen LogP contribution >= 0.6 is 0 Å². The number of aliphatic hydroxyl groups excluding tert-OH is 1. The van der Waals surface area contributed by atoms with Crippen LogP contribution in [-0.2, 0) is 9.53 Å². The molecule has 6 nitrogen and oxygen atoms in total. The van der Waals surface area contributed by atoms with Crippen molar-refractivity contribution in [2.75, 3.05) is 0 Å². The van der Waals surface area contributed by atoms with E-state index >= 15 is 0 Å². The number of benzene rings is 1. The van der Waals surface area contributed by atoms with Crippen molar-refractivity contribution in [2.24, 2.45) is 0 Å². The Kier molecular flexibility index (Phi) is 5.32. The summed E-state index contributed by atoms with van der Waals surface area (Å²) in [5.41, 5.74) is 0.434. The first-order valence-corrected chi connectivity index (χ1v) is 6.58. The average Bonchev–Trinajstić information content (AvgIpc) is 2.33. The summed E-state index contributed by atoms with van der Waals surface area (Å²) in [6.07, 6.45) is -2.25. The fraction of sp³-hybridized carbons (Fsp3) is 0.467. The number of ether oxygens (including phenoxy) is 1. The fourth-order valence-electron chi connectivity index (χ4n) is 1.81. The molecule has 0 fully saturated rings. The predicted octanol–water partition coefficient (Wildman–Crippen LogP) is 2.01. The Labute approximate surface area is 123 Å². The monoisotopic (exact) mass is 295 g/mol. The molecule has 6 heteroatoms. The van der Waals surface area contributed by atoms with E-state index in [1.807, 2.05) is 0 Å². The summed E-state index contributed by atoms with van der Waals surface area (Å²) in [4.78, 5) is 23.0. The van der Waals surface area contributed by atoms with E-state index in [9.17, 15) is 19.8 Å². The first-order valence-electron chi connectivity index (χ1n) is 6.58. The van der Waals surface area contributed by atoms with Crippen LogP contribution < -0.4 is 5.32 Å². The number of aryl methyl sites for hydroxylation is 1. The Bertz CT molecular complexity index is 521. The van der Waals surface area contributed by atoms with Crippen molar-refractivity contribution in [3.05, 3.63) is 35.4 Å². The van der Waals surface area contributed by atoms with Crippen molar-refractivity contribution in [1.29, 1.82) is 0 Å². The van der Waals surface area contributed by atoms with Crippen LogP contribution in [0.1, 0.15) is 38.0 Å². The van der Waals surface area contributed by atoms with Crippen LogP contribution in [0.5, 0.6) is 0 Å². The predicted molar refractivity (Wildman–Crippen MR) is 76.9 cm³/mol. The SMILES string of the molecule is Cc1ccccc1[C@@H](O)[C@H](NC(=O)OC(C)(C)C)C(=O)O. The summed E-state index contributed by atoms with van der Waals surface area (Å²) in [5, 5.41) is 21.6. The van der Waals surface area contributed by atoms with E-state index in [1.165, 1.54) is 0 Å². The Morgan fingerprint density at radius 3 is 2.29 bits per heavy atom. The molecule has 0 unspecified atom stereocenters. The lowest BCUT2D eigenvalue weighted by Crippen LogP contribution is -2.47. The molecule has 1 rings (SSSR count). The van der Waals surface area contributed by atoms with Gasteiger partial charge in [-0.05, 0) is 38.8 Å². The molecule has 1 aromatic carbocycles. The van der Waals surface area contributed by atoms with Gasteiger partial charge >= 0.3 is 12.1 Å². The summed E-state index contributed by atoms with van der Waals surface area (Å²) in [6, 6.07) is 5.36. The van der Waals surface area contributed by atoms with E-state index in [-0.39, 0.29) is 0 Å². The zero-order valence-corrected chi connectivity index (χ0v) is 12.6. The summed E-state index contributed by atoms with van der Waals surface area (Å²) >= 11 is 0. The van der Waals surface area contributed by atoms with Gasteiger partial charge in [0.1, 0.15) is 11.7 Å². The zero-order chi connectivity index (χ0) is 16.2. The van der Waals surface area contributed by atoms with Crippen molar-refractivity contribution >= 4 is 12.1 Å². The first-order chi connectivity index (χ1) is 9.61. The molecule has 0 aliphatic heterocycles. The van der Waals surface area contributed by atoms with E-state index in [0.29, 0.717) is 5.56 Å². The number of nitrogens with one attached hydrogen (secondary N) is 1. The van der Waals surface area contributed by atoms with Crippen LogP contribution in [0.2, 0.25) is 0 Å². The highest BCUT2D eigenvalue weighted by Crippen LogP contribution is 2.21. The van der Waals surface area contributed by atoms with Gasteiger partial charge in [0.15, 0.2) is 6.04 Å². The first kappa shape index (κ1) is 17.0. The lowest BCUT2D eigenvalue weighted by Gasteiger charge is -2.25. The van der Waals surface area contributed by atoms with Crippen molar-refractivity contribution in [3.8, 4) is 0 Å². The molecule has 0 spiro atoms. The third kappa shape index (κ3) is 5.07. The normalized spacial score (nSPS) is 14.1. The molecule has 0 aliphatic carbocycles. The molecule has 0 aromatic heterocycles. The minimum absolute atomic E-state index is 0.445. The van der Waals surface area contributed by atoms with Gasteiger partial charge in [0.05, 0.1) is 0 Å². The number of carbonyl (C=O) groups is 2. The second kappa shape index (κ2) is 6.58. The van der Waals surface area contributed by atoms with Crippen LogP contribution in [0.3, 0.4) is 0 Å². The maximum Gasteiger partial charge on any atom is 0.408 e. The number of rotatable bonds is 4. The second-order valence-corrected chi connectivity index (χ2v) is 5.76. The van der Waals surface area contributed by atoms with Crippen molar-refractivity contribution < 1.29 is 24.5 Å². The molecule has 2 atom stereocenters. The number of alkyl carbamates (subject to hydrolysis) is 1. The number of carboxylic acids is 1. The Morgan fingerprint density at radius 1 is 1.24 bits per heavy atom. The molecular weight excluding hydrogens is 274 g/mol. The van der Waals surface area contributed by atoms with E-state index in [4.69, 9.17) is 4.74 Å². The van der Waals surface area contributed by atoms with Gasteiger partial charge in [-0.15, -0.1) is 0 Å². The minimum Gasteiger partial charge on any atom is -0.480 e. The molecule has 0 saturated heterocycles. The highest BCUT2D eigenvalue weighted by Gasteiger charge is 2.31. The zero-order valence-electron chi connectivity index (χ0n) is 12.6. The molecule has 116 valence electrons. The molecule has 0 bridgehead atoms. The summed E-state index contributed by atoms with van der Waals surface area (Å²) in [6.45, 7) is 6.76. The maximum absolute atomic E-state index is 11.7. The van der Waals surface area contributed by atoms with Gasteiger partial charge in [0, 0.05) is 0 Å². The van der Waals surface area contributed by atoms with E-state index in [1.54, 1.807) is 52.0 Å². The molecule has 0 radical (unpaired) electrons. The Hall–Kier alpha value is -2.08. The highest BCUT2D eigenvalue weighted by atomic mass is 16.6. The number of carbonyl (C=O) groups excluding carboxylic acids is 1. The van der Waals surface area contributed by atoms with Crippen LogP contribution in [0.15, 0.2) is 24.3 Å². The smallest absolute Gasteiger partial charge is 0.408 e. The van der Waals surface area contributed by atoms with Crippen LogP contribution in [0, 0.1) is 6.92 Å². The van der Waals surface area contributed by atoms with Gasteiger partial charge < -0.3 is 20.3 Å². The Balaban J connectivity index is 2.90. The minimum atomic E-state index is -1.49. The third-order valence-corrected chi connectivity index (χ3v) is 2.76. The van der Waals surface area contributed by atoms with Crippen molar-refractivity contribution in [3.63, 3.8) is 0 Å².